The van der Waals surface area contributed by atoms with Gasteiger partial charge in [-0.05, 0) is 30.5 Å². The maximum absolute atomic E-state index is 12.3. The Morgan fingerprint density at radius 3 is 2.43 bits per heavy atom. The smallest absolute Gasteiger partial charge is 0.220 e. The van der Waals surface area contributed by atoms with Gasteiger partial charge in [-0.15, -0.1) is 0 Å². The predicted octanol–water partition coefficient (Wildman–Crippen LogP) is 3.83. The van der Waals surface area contributed by atoms with Crippen LogP contribution in [0.2, 0.25) is 0 Å². The Kier molecular flexibility index (Phi) is 6.42. The molecule has 0 saturated heterocycles. The minimum absolute atomic E-state index is 0.0108. The van der Waals surface area contributed by atoms with Crippen molar-refractivity contribution in [3.8, 4) is 17.2 Å². The van der Waals surface area contributed by atoms with Gasteiger partial charge >= 0.3 is 0 Å². The number of para-hydroxylation sites is 1. The summed E-state index contributed by atoms with van der Waals surface area (Å²) in [5.74, 6) is 1.86. The van der Waals surface area contributed by atoms with Gasteiger partial charge in [0.25, 0.3) is 0 Å². The number of nitrogens with one attached hydrogen (secondary N) is 2. The first-order valence-electron chi connectivity index (χ1n) is 9.26. The maximum Gasteiger partial charge on any atom is 0.220 e. The van der Waals surface area contributed by atoms with E-state index >= 15 is 0 Å². The molecule has 0 aliphatic rings. The van der Waals surface area contributed by atoms with Crippen molar-refractivity contribution in [3.63, 3.8) is 0 Å². The Labute approximate surface area is 164 Å². The van der Waals surface area contributed by atoms with E-state index in [2.05, 4.69) is 22.4 Å². The Morgan fingerprint density at radius 2 is 1.68 bits per heavy atom. The van der Waals surface area contributed by atoms with Gasteiger partial charge in [0.15, 0.2) is 11.5 Å². The maximum atomic E-state index is 12.3. The largest absolute Gasteiger partial charge is 0.496 e. The minimum Gasteiger partial charge on any atom is -0.496 e. The number of aromatic amines is 1. The highest BCUT2D eigenvalue weighted by molar-refractivity contribution is 5.83. The van der Waals surface area contributed by atoms with Crippen molar-refractivity contribution in [1.29, 1.82) is 0 Å². The molecule has 1 heterocycles. The van der Waals surface area contributed by atoms with Crippen molar-refractivity contribution in [3.05, 3.63) is 53.7 Å². The molecule has 0 aliphatic carbocycles. The zero-order valence-electron chi connectivity index (χ0n) is 16.5. The number of rotatable bonds is 9. The van der Waals surface area contributed by atoms with Gasteiger partial charge in [0, 0.05) is 41.7 Å². The molecule has 1 amide bonds. The third kappa shape index (κ3) is 4.39. The summed E-state index contributed by atoms with van der Waals surface area (Å²) in [5, 5.41) is 4.18. The lowest BCUT2D eigenvalue weighted by molar-refractivity contribution is -0.121. The van der Waals surface area contributed by atoms with E-state index in [0.717, 1.165) is 23.9 Å². The van der Waals surface area contributed by atoms with Crippen LogP contribution in [0, 0.1) is 0 Å². The molecule has 0 bridgehead atoms. The van der Waals surface area contributed by atoms with Gasteiger partial charge in [0.05, 0.1) is 21.3 Å². The number of carbonyl (C=O) groups is 1. The third-order valence-electron chi connectivity index (χ3n) is 4.79. The molecule has 0 fully saturated rings. The van der Waals surface area contributed by atoms with Crippen molar-refractivity contribution < 1.29 is 19.0 Å². The molecule has 1 aromatic heterocycles. The minimum atomic E-state index is 0.0108. The number of fused-ring (bicyclic) bond motifs is 1. The number of ether oxygens (including phenoxy) is 3. The zero-order valence-corrected chi connectivity index (χ0v) is 16.5. The highest BCUT2D eigenvalue weighted by Crippen LogP contribution is 2.34. The van der Waals surface area contributed by atoms with E-state index < -0.39 is 0 Å². The molecule has 0 radical (unpaired) electrons. The van der Waals surface area contributed by atoms with Gasteiger partial charge in [-0.1, -0.05) is 18.2 Å². The number of benzene rings is 2. The topological polar surface area (TPSA) is 72.6 Å². The van der Waals surface area contributed by atoms with Crippen LogP contribution in [-0.2, 0) is 17.8 Å². The van der Waals surface area contributed by atoms with Crippen LogP contribution in [0.5, 0.6) is 17.2 Å². The summed E-state index contributed by atoms with van der Waals surface area (Å²) in [6.07, 6.45) is 4.14. The molecule has 0 atom stereocenters. The first-order valence-corrected chi connectivity index (χ1v) is 9.26. The Hall–Kier alpha value is -3.15. The van der Waals surface area contributed by atoms with Gasteiger partial charge in [-0.2, -0.15) is 0 Å². The Bertz CT molecular complexity index is 949. The number of methoxy groups -OCH3 is 3. The number of aromatic nitrogens is 1. The first-order chi connectivity index (χ1) is 13.7. The standard InChI is InChI=1S/C22H26N2O4/c1-26-19-12-21(28-3)20(27-2)11-16(19)14-24-22(25)10-6-7-15-13-23-18-9-5-4-8-17(15)18/h4-5,8-9,11-13,23H,6-7,10,14H2,1-3H3,(H,24,25). The van der Waals surface area contributed by atoms with Crippen molar-refractivity contribution in [1.82, 2.24) is 10.3 Å². The molecule has 28 heavy (non-hydrogen) atoms. The molecule has 148 valence electrons. The molecule has 3 rings (SSSR count). The summed E-state index contributed by atoms with van der Waals surface area (Å²) in [5.41, 5.74) is 3.21. The number of aryl methyl sites for hydroxylation is 1. The van der Waals surface area contributed by atoms with E-state index in [1.54, 1.807) is 27.4 Å². The lowest BCUT2D eigenvalue weighted by Crippen LogP contribution is -2.22. The normalized spacial score (nSPS) is 10.7. The number of carbonyl (C=O) groups excluding carboxylic acids is 1. The summed E-state index contributed by atoms with van der Waals surface area (Å²) < 4.78 is 16.0. The summed E-state index contributed by atoms with van der Waals surface area (Å²) in [6, 6.07) is 11.8. The summed E-state index contributed by atoms with van der Waals surface area (Å²) >= 11 is 0. The van der Waals surface area contributed by atoms with E-state index in [4.69, 9.17) is 14.2 Å². The van der Waals surface area contributed by atoms with E-state index in [0.29, 0.717) is 30.2 Å². The summed E-state index contributed by atoms with van der Waals surface area (Å²) in [6.45, 7) is 0.370. The second kappa shape index (κ2) is 9.17. The number of hydrogen-bond donors (Lipinski definition) is 2. The Morgan fingerprint density at radius 1 is 0.964 bits per heavy atom. The average Bonchev–Trinajstić information content (AvgIpc) is 3.14. The SMILES string of the molecule is COc1cc(OC)c(OC)cc1CNC(=O)CCCc1c[nH]c2ccccc12. The van der Waals surface area contributed by atoms with Crippen LogP contribution in [0.3, 0.4) is 0 Å². The van der Waals surface area contributed by atoms with Crippen LogP contribution >= 0.6 is 0 Å². The van der Waals surface area contributed by atoms with Crippen LogP contribution in [0.4, 0.5) is 0 Å². The van der Waals surface area contributed by atoms with Crippen LogP contribution < -0.4 is 19.5 Å². The third-order valence-corrected chi connectivity index (χ3v) is 4.79. The van der Waals surface area contributed by atoms with E-state index in [1.807, 2.05) is 24.4 Å². The number of amides is 1. The molecule has 0 unspecified atom stereocenters. The van der Waals surface area contributed by atoms with Gasteiger partial charge in [-0.3, -0.25) is 4.79 Å². The molecule has 6 nitrogen and oxygen atoms in total. The fraction of sp³-hybridized carbons (Fsp3) is 0.318. The molecule has 0 saturated carbocycles. The van der Waals surface area contributed by atoms with Crippen LogP contribution in [-0.4, -0.2) is 32.2 Å². The van der Waals surface area contributed by atoms with Gasteiger partial charge in [-0.25, -0.2) is 0 Å². The van der Waals surface area contributed by atoms with Crippen LogP contribution in [0.25, 0.3) is 10.9 Å². The molecule has 0 aliphatic heterocycles. The van der Waals surface area contributed by atoms with Crippen LogP contribution in [0.15, 0.2) is 42.6 Å². The van der Waals surface area contributed by atoms with Gasteiger partial charge in [0.1, 0.15) is 5.75 Å². The first kappa shape index (κ1) is 19.6. The van der Waals surface area contributed by atoms with Crippen molar-refractivity contribution in [2.75, 3.05) is 21.3 Å². The van der Waals surface area contributed by atoms with E-state index in [1.165, 1.54) is 10.9 Å². The van der Waals surface area contributed by atoms with Crippen molar-refractivity contribution in [2.24, 2.45) is 0 Å². The van der Waals surface area contributed by atoms with E-state index in [9.17, 15) is 4.79 Å². The molecule has 2 aromatic carbocycles. The molecule has 2 N–H and O–H groups in total. The molecular weight excluding hydrogens is 356 g/mol. The van der Waals surface area contributed by atoms with Crippen LogP contribution in [0.1, 0.15) is 24.0 Å². The van der Waals surface area contributed by atoms with Gasteiger partial charge in [0.2, 0.25) is 5.91 Å². The average molecular weight is 382 g/mol. The second-order valence-electron chi connectivity index (χ2n) is 6.51. The quantitative estimate of drug-likeness (QED) is 0.590. The van der Waals surface area contributed by atoms with Gasteiger partial charge < -0.3 is 24.5 Å². The van der Waals surface area contributed by atoms with Crippen molar-refractivity contribution >= 4 is 16.8 Å². The molecule has 6 heteroatoms. The summed E-state index contributed by atoms with van der Waals surface area (Å²) in [7, 11) is 4.75. The molecule has 0 spiro atoms. The van der Waals surface area contributed by atoms with Crippen molar-refractivity contribution in [2.45, 2.75) is 25.8 Å². The second-order valence-corrected chi connectivity index (χ2v) is 6.51. The fourth-order valence-electron chi connectivity index (χ4n) is 3.29. The van der Waals surface area contributed by atoms with E-state index in [-0.39, 0.29) is 5.91 Å². The summed E-state index contributed by atoms with van der Waals surface area (Å²) in [4.78, 5) is 15.5. The zero-order chi connectivity index (χ0) is 19.9. The monoisotopic (exact) mass is 382 g/mol. The number of hydrogen-bond acceptors (Lipinski definition) is 4. The highest BCUT2D eigenvalue weighted by Gasteiger charge is 2.13. The number of H-pyrrole nitrogens is 1. The molecular formula is C22H26N2O4. The Balaban J connectivity index is 1.54. The molecule has 3 aromatic rings. The highest BCUT2D eigenvalue weighted by atomic mass is 16.5. The fourth-order valence-corrected chi connectivity index (χ4v) is 3.29. The predicted molar refractivity (Wildman–Crippen MR) is 109 cm³/mol. The lowest BCUT2D eigenvalue weighted by Gasteiger charge is -2.14. The lowest BCUT2D eigenvalue weighted by atomic mass is 10.1.